The number of alkyl halides is 4. The van der Waals surface area contributed by atoms with Gasteiger partial charge in [-0.1, -0.05) is 0 Å². The molecule has 1 N–H and O–H groups in total. The molecular weight excluding hydrogens is 452 g/mol. The molecule has 176 valence electrons. The van der Waals surface area contributed by atoms with Crippen LogP contribution in [0.4, 0.5) is 23.4 Å². The van der Waals surface area contributed by atoms with Gasteiger partial charge in [0.25, 0.3) is 12.9 Å². The molecule has 0 saturated heterocycles. The van der Waals surface area contributed by atoms with Crippen molar-refractivity contribution in [3.05, 3.63) is 59.3 Å². The van der Waals surface area contributed by atoms with Crippen LogP contribution in [-0.2, 0) is 0 Å². The number of aryl methyl sites for hydroxylation is 1. The summed E-state index contributed by atoms with van der Waals surface area (Å²) in [5, 5.41) is 7.98. The van der Waals surface area contributed by atoms with Gasteiger partial charge >= 0.3 is 0 Å². The van der Waals surface area contributed by atoms with Crippen LogP contribution in [0.3, 0.4) is 0 Å². The molecule has 0 spiro atoms. The first-order valence-electron chi connectivity index (χ1n) is 10.7. The fourth-order valence-corrected chi connectivity index (χ4v) is 3.91. The molecule has 1 aliphatic carbocycles. The van der Waals surface area contributed by atoms with Gasteiger partial charge in [-0.15, -0.1) is 5.10 Å². The Kier molecular flexibility index (Phi) is 5.58. The molecule has 1 atom stereocenters. The minimum absolute atomic E-state index is 0.0839. The van der Waals surface area contributed by atoms with Crippen LogP contribution in [0.5, 0.6) is 0 Å². The Morgan fingerprint density at radius 3 is 2.44 bits per heavy atom. The van der Waals surface area contributed by atoms with Crippen LogP contribution in [0, 0.1) is 6.92 Å². The second-order valence-electron chi connectivity index (χ2n) is 8.20. The summed E-state index contributed by atoms with van der Waals surface area (Å²) in [4.78, 5) is 20.7. The van der Waals surface area contributed by atoms with E-state index in [1.807, 2.05) is 0 Å². The second kappa shape index (κ2) is 8.58. The first-order chi connectivity index (χ1) is 16.3. The zero-order chi connectivity index (χ0) is 24.0. The molecule has 0 unspecified atom stereocenters. The summed E-state index contributed by atoms with van der Waals surface area (Å²) in [6.45, 7) is 3.45. The lowest BCUT2D eigenvalue weighted by Gasteiger charge is -2.17. The molecule has 34 heavy (non-hydrogen) atoms. The number of aromatic nitrogens is 7. The van der Waals surface area contributed by atoms with Crippen molar-refractivity contribution in [2.75, 3.05) is 5.32 Å². The largest absolute Gasteiger partial charge is 0.360 e. The van der Waals surface area contributed by atoms with Crippen molar-refractivity contribution in [1.29, 1.82) is 0 Å². The van der Waals surface area contributed by atoms with Crippen molar-refractivity contribution >= 4 is 16.7 Å². The number of nitrogens with one attached hydrogen (secondary N) is 1. The molecule has 0 amide bonds. The highest BCUT2D eigenvalue weighted by molar-refractivity contribution is 5.92. The van der Waals surface area contributed by atoms with E-state index in [-0.39, 0.29) is 17.3 Å². The van der Waals surface area contributed by atoms with E-state index in [4.69, 9.17) is 0 Å². The van der Waals surface area contributed by atoms with Crippen LogP contribution < -0.4 is 5.32 Å². The first-order valence-corrected chi connectivity index (χ1v) is 10.7. The summed E-state index contributed by atoms with van der Waals surface area (Å²) in [5.41, 5.74) is 0.912. The number of hydrogen-bond donors (Lipinski definition) is 1. The highest BCUT2D eigenvalue weighted by Gasteiger charge is 2.29. The molecule has 0 radical (unpaired) electrons. The highest BCUT2D eigenvalue weighted by atomic mass is 19.3. The van der Waals surface area contributed by atoms with Crippen LogP contribution in [0.1, 0.15) is 73.0 Å². The molecular formula is C22H20F4N8. The average molecular weight is 472 g/mol. The third-order valence-corrected chi connectivity index (χ3v) is 5.65. The molecule has 3 heterocycles. The standard InChI is InChI=1S/C22H20F4N8/c1-10(22-32-11(2)33-34(22)17-7-16(20(25)26)27-8-28-17)31-21-15-6-13(19(23)24)5-14(12-3-4-12)18(15)29-9-30-21/h5-10,12,19-20H,3-4H2,1-2H3,(H,29,30,31)/t10-/m0/s1. The van der Waals surface area contributed by atoms with E-state index >= 15 is 0 Å². The molecule has 1 saturated carbocycles. The quantitative estimate of drug-likeness (QED) is 0.368. The van der Waals surface area contributed by atoms with Gasteiger partial charge < -0.3 is 5.32 Å². The van der Waals surface area contributed by atoms with E-state index in [0.717, 1.165) is 30.8 Å². The minimum Gasteiger partial charge on any atom is -0.360 e. The van der Waals surface area contributed by atoms with Crippen LogP contribution in [0.2, 0.25) is 0 Å². The van der Waals surface area contributed by atoms with Crippen molar-refractivity contribution in [3.63, 3.8) is 0 Å². The summed E-state index contributed by atoms with van der Waals surface area (Å²) >= 11 is 0. The zero-order valence-electron chi connectivity index (χ0n) is 18.3. The number of anilines is 1. The fraction of sp³-hybridized carbons (Fsp3) is 0.364. The van der Waals surface area contributed by atoms with Crippen LogP contribution >= 0.6 is 0 Å². The highest BCUT2D eigenvalue weighted by Crippen LogP contribution is 2.44. The Bertz CT molecular complexity index is 1350. The van der Waals surface area contributed by atoms with Gasteiger partial charge in [0.1, 0.15) is 30.0 Å². The molecule has 8 nitrogen and oxygen atoms in total. The monoisotopic (exact) mass is 472 g/mol. The summed E-state index contributed by atoms with van der Waals surface area (Å²) in [7, 11) is 0. The van der Waals surface area contributed by atoms with Crippen LogP contribution in [0.15, 0.2) is 30.9 Å². The van der Waals surface area contributed by atoms with Gasteiger partial charge in [0.2, 0.25) is 0 Å². The van der Waals surface area contributed by atoms with E-state index in [9.17, 15) is 17.6 Å². The van der Waals surface area contributed by atoms with Gasteiger partial charge in [0, 0.05) is 17.0 Å². The third-order valence-electron chi connectivity index (χ3n) is 5.65. The molecule has 12 heteroatoms. The van der Waals surface area contributed by atoms with E-state index in [1.54, 1.807) is 13.8 Å². The fourth-order valence-electron chi connectivity index (χ4n) is 3.91. The smallest absolute Gasteiger partial charge is 0.280 e. The number of halogens is 4. The van der Waals surface area contributed by atoms with Crippen molar-refractivity contribution in [3.8, 4) is 5.82 Å². The van der Waals surface area contributed by atoms with E-state index in [0.29, 0.717) is 28.4 Å². The normalized spacial score (nSPS) is 14.8. The lowest BCUT2D eigenvalue weighted by Crippen LogP contribution is -2.16. The summed E-state index contributed by atoms with van der Waals surface area (Å²) in [6.07, 6.45) is -1.08. The number of fused-ring (bicyclic) bond motifs is 1. The van der Waals surface area contributed by atoms with Gasteiger partial charge in [-0.3, -0.25) is 0 Å². The van der Waals surface area contributed by atoms with E-state index in [2.05, 4.69) is 35.3 Å². The number of benzene rings is 1. The molecule has 0 aliphatic heterocycles. The van der Waals surface area contributed by atoms with Crippen LogP contribution in [0.25, 0.3) is 16.7 Å². The number of nitrogens with zero attached hydrogens (tertiary/aromatic N) is 7. The maximum atomic E-state index is 13.6. The Balaban J connectivity index is 1.54. The topological polar surface area (TPSA) is 94.3 Å². The summed E-state index contributed by atoms with van der Waals surface area (Å²) < 4.78 is 54.8. The molecule has 0 bridgehead atoms. The van der Waals surface area contributed by atoms with E-state index < -0.39 is 24.6 Å². The Morgan fingerprint density at radius 2 is 1.74 bits per heavy atom. The van der Waals surface area contributed by atoms with Crippen molar-refractivity contribution in [2.24, 2.45) is 0 Å². The summed E-state index contributed by atoms with van der Waals surface area (Å²) in [5.74, 6) is 1.51. The molecule has 1 aliphatic rings. The van der Waals surface area contributed by atoms with Gasteiger partial charge in [-0.05, 0) is 50.3 Å². The first kappa shape index (κ1) is 22.1. The maximum absolute atomic E-state index is 13.6. The van der Waals surface area contributed by atoms with Crippen LogP contribution in [-0.4, -0.2) is 34.7 Å². The SMILES string of the molecule is Cc1nc([C@H](C)Nc2ncnc3c(C4CC4)cc(C(F)F)cc23)n(-c2cc(C(F)F)ncn2)n1. The second-order valence-corrected chi connectivity index (χ2v) is 8.20. The predicted molar refractivity (Wildman–Crippen MR) is 115 cm³/mol. The Morgan fingerprint density at radius 1 is 0.971 bits per heavy atom. The summed E-state index contributed by atoms with van der Waals surface area (Å²) in [6, 6.07) is 3.55. The van der Waals surface area contributed by atoms with Gasteiger partial charge in [-0.25, -0.2) is 42.5 Å². The molecule has 1 aromatic carbocycles. The lowest BCUT2D eigenvalue weighted by atomic mass is 10.0. The lowest BCUT2D eigenvalue weighted by molar-refractivity contribution is 0.146. The average Bonchev–Trinajstić information content (AvgIpc) is 3.59. The molecule has 4 aromatic rings. The Hall–Kier alpha value is -3.70. The van der Waals surface area contributed by atoms with Gasteiger partial charge in [-0.2, -0.15) is 4.68 Å². The third kappa shape index (κ3) is 4.15. The van der Waals surface area contributed by atoms with Crippen molar-refractivity contribution in [2.45, 2.75) is 51.5 Å². The number of hydrogen-bond acceptors (Lipinski definition) is 7. The predicted octanol–water partition coefficient (Wildman–Crippen LogP) is 5.23. The Labute approximate surface area is 191 Å². The zero-order valence-corrected chi connectivity index (χ0v) is 18.3. The molecule has 5 rings (SSSR count). The maximum Gasteiger partial charge on any atom is 0.280 e. The van der Waals surface area contributed by atoms with Gasteiger partial charge in [0.05, 0.1) is 11.6 Å². The molecule has 3 aromatic heterocycles. The number of rotatable bonds is 7. The van der Waals surface area contributed by atoms with Crippen molar-refractivity contribution in [1.82, 2.24) is 34.7 Å². The van der Waals surface area contributed by atoms with E-state index in [1.165, 1.54) is 23.1 Å². The van der Waals surface area contributed by atoms with Crippen molar-refractivity contribution < 1.29 is 17.6 Å². The molecule has 1 fully saturated rings. The minimum atomic E-state index is -2.76. The van der Waals surface area contributed by atoms with Gasteiger partial charge in [0.15, 0.2) is 11.6 Å².